The highest BCUT2D eigenvalue weighted by Gasteiger charge is 2.07. The first-order valence-electron chi connectivity index (χ1n) is 5.36. The highest BCUT2D eigenvalue weighted by Crippen LogP contribution is 2.08. The zero-order valence-corrected chi connectivity index (χ0v) is 9.73. The Balaban J connectivity index is 2.46. The maximum atomic E-state index is 9.51. The van der Waals surface area contributed by atoms with E-state index in [4.69, 9.17) is 4.74 Å². The SMILES string of the molecule is CCc1cc(CCC(O)COC)n(C)n1. The minimum Gasteiger partial charge on any atom is -0.391 e. The summed E-state index contributed by atoms with van der Waals surface area (Å²) in [5.74, 6) is 0. The number of nitrogens with zero attached hydrogens (tertiary/aromatic N) is 2. The topological polar surface area (TPSA) is 47.3 Å². The highest BCUT2D eigenvalue weighted by atomic mass is 16.5. The molecule has 1 heterocycles. The number of ether oxygens (including phenoxy) is 1. The van der Waals surface area contributed by atoms with Gasteiger partial charge >= 0.3 is 0 Å². The van der Waals surface area contributed by atoms with Gasteiger partial charge in [-0.2, -0.15) is 5.10 Å². The predicted molar refractivity (Wildman–Crippen MR) is 58.8 cm³/mol. The Morgan fingerprint density at radius 2 is 2.33 bits per heavy atom. The van der Waals surface area contributed by atoms with Gasteiger partial charge in [-0.25, -0.2) is 0 Å². The van der Waals surface area contributed by atoms with E-state index < -0.39 is 0 Å². The number of methoxy groups -OCH3 is 1. The summed E-state index contributed by atoms with van der Waals surface area (Å²) in [6.07, 6.45) is 2.13. The van der Waals surface area contributed by atoms with Crippen molar-refractivity contribution < 1.29 is 9.84 Å². The van der Waals surface area contributed by atoms with Crippen molar-refractivity contribution in [3.8, 4) is 0 Å². The van der Waals surface area contributed by atoms with Gasteiger partial charge in [0.05, 0.1) is 18.4 Å². The van der Waals surface area contributed by atoms with Crippen molar-refractivity contribution in [3.05, 3.63) is 17.5 Å². The largest absolute Gasteiger partial charge is 0.391 e. The van der Waals surface area contributed by atoms with E-state index in [1.165, 1.54) is 5.69 Å². The van der Waals surface area contributed by atoms with Crippen molar-refractivity contribution in [1.82, 2.24) is 9.78 Å². The molecule has 1 atom stereocenters. The second kappa shape index (κ2) is 5.88. The lowest BCUT2D eigenvalue weighted by Gasteiger charge is -2.08. The van der Waals surface area contributed by atoms with Crippen LogP contribution in [0.3, 0.4) is 0 Å². The second-order valence-corrected chi connectivity index (χ2v) is 3.75. The molecule has 0 amide bonds. The van der Waals surface area contributed by atoms with Crippen LogP contribution >= 0.6 is 0 Å². The summed E-state index contributed by atoms with van der Waals surface area (Å²) >= 11 is 0. The van der Waals surface area contributed by atoms with Gasteiger partial charge in [0.25, 0.3) is 0 Å². The van der Waals surface area contributed by atoms with E-state index >= 15 is 0 Å². The van der Waals surface area contributed by atoms with E-state index in [-0.39, 0.29) is 6.10 Å². The molecule has 1 aromatic heterocycles. The lowest BCUT2D eigenvalue weighted by molar-refractivity contribution is 0.0592. The molecule has 0 spiro atoms. The minimum atomic E-state index is -0.380. The number of hydrogen-bond acceptors (Lipinski definition) is 3. The summed E-state index contributed by atoms with van der Waals surface area (Å²) in [7, 11) is 3.54. The van der Waals surface area contributed by atoms with Gasteiger partial charge in [0.2, 0.25) is 0 Å². The van der Waals surface area contributed by atoms with Gasteiger partial charge in [0.1, 0.15) is 0 Å². The molecule has 0 aromatic carbocycles. The number of aryl methyl sites for hydroxylation is 3. The van der Waals surface area contributed by atoms with Crippen molar-refractivity contribution in [2.45, 2.75) is 32.3 Å². The maximum Gasteiger partial charge on any atom is 0.0777 e. The molecule has 1 N–H and O–H groups in total. The molecule has 0 fully saturated rings. The van der Waals surface area contributed by atoms with Gasteiger partial charge in [0, 0.05) is 19.9 Å². The smallest absolute Gasteiger partial charge is 0.0777 e. The number of aromatic nitrogens is 2. The standard InChI is InChI=1S/C11H20N2O2/c1-4-9-7-10(13(2)12-9)5-6-11(14)8-15-3/h7,11,14H,4-6,8H2,1-3H3. The van der Waals surface area contributed by atoms with Crippen LogP contribution in [0.4, 0.5) is 0 Å². The molecule has 0 aliphatic carbocycles. The van der Waals surface area contributed by atoms with Crippen LogP contribution in [-0.4, -0.2) is 34.7 Å². The third-order valence-electron chi connectivity index (χ3n) is 2.48. The number of aliphatic hydroxyl groups is 1. The third kappa shape index (κ3) is 3.64. The van der Waals surface area contributed by atoms with Crippen LogP contribution in [0.1, 0.15) is 24.7 Å². The van der Waals surface area contributed by atoms with E-state index in [1.54, 1.807) is 7.11 Å². The molecule has 1 unspecified atom stereocenters. The normalized spacial score (nSPS) is 13.1. The monoisotopic (exact) mass is 212 g/mol. The molecule has 4 nitrogen and oxygen atoms in total. The van der Waals surface area contributed by atoms with Gasteiger partial charge in [-0.15, -0.1) is 0 Å². The van der Waals surface area contributed by atoms with Gasteiger partial charge in [-0.3, -0.25) is 4.68 Å². The van der Waals surface area contributed by atoms with Gasteiger partial charge in [-0.1, -0.05) is 6.92 Å². The van der Waals surface area contributed by atoms with Crippen LogP contribution in [0.15, 0.2) is 6.07 Å². The fourth-order valence-corrected chi connectivity index (χ4v) is 1.57. The maximum absolute atomic E-state index is 9.51. The van der Waals surface area contributed by atoms with Crippen LogP contribution in [0.25, 0.3) is 0 Å². The average molecular weight is 212 g/mol. The fraction of sp³-hybridized carbons (Fsp3) is 0.727. The van der Waals surface area contributed by atoms with Gasteiger partial charge in [-0.05, 0) is 25.3 Å². The zero-order valence-electron chi connectivity index (χ0n) is 9.73. The summed E-state index contributed by atoms with van der Waals surface area (Å²) in [6, 6.07) is 2.10. The molecule has 1 rings (SSSR count). The van der Waals surface area contributed by atoms with Crippen molar-refractivity contribution in [2.75, 3.05) is 13.7 Å². The first kappa shape index (κ1) is 12.2. The Labute approximate surface area is 90.9 Å². The molecule has 4 heteroatoms. The summed E-state index contributed by atoms with van der Waals surface area (Å²) in [6.45, 7) is 2.49. The minimum absolute atomic E-state index is 0.380. The van der Waals surface area contributed by atoms with Crippen LogP contribution in [0.2, 0.25) is 0 Å². The molecule has 1 aromatic rings. The van der Waals surface area contributed by atoms with Crippen LogP contribution in [0, 0.1) is 0 Å². The van der Waals surface area contributed by atoms with Crippen molar-refractivity contribution in [1.29, 1.82) is 0 Å². The van der Waals surface area contributed by atoms with E-state index in [2.05, 4.69) is 18.1 Å². The molecule has 0 bridgehead atoms. The van der Waals surface area contributed by atoms with Crippen molar-refractivity contribution >= 4 is 0 Å². The lowest BCUT2D eigenvalue weighted by atomic mass is 10.1. The molecule has 0 aliphatic rings. The third-order valence-corrected chi connectivity index (χ3v) is 2.48. The Kier molecular flexibility index (Phi) is 4.78. The fourth-order valence-electron chi connectivity index (χ4n) is 1.57. The molecule has 86 valence electrons. The Morgan fingerprint density at radius 3 is 2.87 bits per heavy atom. The Morgan fingerprint density at radius 1 is 1.60 bits per heavy atom. The highest BCUT2D eigenvalue weighted by molar-refractivity contribution is 5.10. The summed E-state index contributed by atoms with van der Waals surface area (Å²) in [5.41, 5.74) is 2.27. The van der Waals surface area contributed by atoms with Crippen molar-refractivity contribution in [2.24, 2.45) is 7.05 Å². The quantitative estimate of drug-likeness (QED) is 0.763. The van der Waals surface area contributed by atoms with Crippen LogP contribution in [-0.2, 0) is 24.6 Å². The first-order chi connectivity index (χ1) is 7.17. The van der Waals surface area contributed by atoms with E-state index in [0.717, 1.165) is 25.0 Å². The summed E-state index contributed by atoms with van der Waals surface area (Å²) in [5, 5.41) is 13.9. The number of aliphatic hydroxyl groups excluding tert-OH is 1. The van der Waals surface area contributed by atoms with E-state index in [0.29, 0.717) is 6.61 Å². The molecule has 0 saturated heterocycles. The Bertz CT molecular complexity index is 297. The van der Waals surface area contributed by atoms with Crippen LogP contribution in [0.5, 0.6) is 0 Å². The predicted octanol–water partition coefficient (Wildman–Crippen LogP) is 0.922. The molecular formula is C11H20N2O2. The first-order valence-corrected chi connectivity index (χ1v) is 5.36. The second-order valence-electron chi connectivity index (χ2n) is 3.75. The van der Waals surface area contributed by atoms with Crippen molar-refractivity contribution in [3.63, 3.8) is 0 Å². The van der Waals surface area contributed by atoms with Gasteiger partial charge in [0.15, 0.2) is 0 Å². The lowest BCUT2D eigenvalue weighted by Crippen LogP contribution is -2.15. The molecular weight excluding hydrogens is 192 g/mol. The van der Waals surface area contributed by atoms with Gasteiger partial charge < -0.3 is 9.84 Å². The van der Waals surface area contributed by atoms with E-state index in [9.17, 15) is 5.11 Å². The number of hydrogen-bond donors (Lipinski definition) is 1. The summed E-state index contributed by atoms with van der Waals surface area (Å²) < 4.78 is 6.76. The zero-order chi connectivity index (χ0) is 11.3. The molecule has 0 radical (unpaired) electrons. The average Bonchev–Trinajstić information content (AvgIpc) is 2.57. The summed E-state index contributed by atoms with van der Waals surface area (Å²) in [4.78, 5) is 0. The van der Waals surface area contributed by atoms with E-state index in [1.807, 2.05) is 11.7 Å². The molecule has 0 aliphatic heterocycles. The molecule has 15 heavy (non-hydrogen) atoms. The Hall–Kier alpha value is -0.870. The van der Waals surface area contributed by atoms with Crippen LogP contribution < -0.4 is 0 Å². The number of rotatable bonds is 6. The molecule has 0 saturated carbocycles.